The van der Waals surface area contributed by atoms with Gasteiger partial charge < -0.3 is 19.9 Å². The minimum Gasteiger partial charge on any atom is -0.462 e. The predicted octanol–water partition coefficient (Wildman–Crippen LogP) is 8.19. The smallest absolute Gasteiger partial charge is 0.306 e. The number of nitrogens with one attached hydrogen (secondary N) is 1. The number of amides is 1. The molecule has 1 saturated carbocycles. The summed E-state index contributed by atoms with van der Waals surface area (Å²) in [5.41, 5.74) is 1.18. The van der Waals surface area contributed by atoms with E-state index in [1.807, 2.05) is 37.3 Å². The van der Waals surface area contributed by atoms with Crippen LogP contribution in [0.25, 0.3) is 0 Å². The second kappa shape index (κ2) is 24.3. The molecular weight excluding hydrogens is 578 g/mol. The third-order valence-electron chi connectivity index (χ3n) is 8.76. The summed E-state index contributed by atoms with van der Waals surface area (Å²) >= 11 is 0. The fourth-order valence-corrected chi connectivity index (χ4v) is 6.09. The first kappa shape index (κ1) is 39.2. The highest BCUT2D eigenvalue weighted by Crippen LogP contribution is 2.38. The van der Waals surface area contributed by atoms with Crippen LogP contribution in [0.5, 0.6) is 0 Å². The second-order valence-electron chi connectivity index (χ2n) is 12.7. The van der Waals surface area contributed by atoms with Crippen molar-refractivity contribution in [2.75, 3.05) is 6.54 Å². The fourth-order valence-electron chi connectivity index (χ4n) is 6.09. The summed E-state index contributed by atoms with van der Waals surface area (Å²) in [6, 6.07) is 10.2. The van der Waals surface area contributed by atoms with Gasteiger partial charge in [0.25, 0.3) is 0 Å². The molecule has 1 aromatic rings. The van der Waals surface area contributed by atoms with E-state index in [0.717, 1.165) is 70.6 Å². The second-order valence-corrected chi connectivity index (χ2v) is 12.7. The van der Waals surface area contributed by atoms with E-state index in [2.05, 4.69) is 43.4 Å². The summed E-state index contributed by atoms with van der Waals surface area (Å²) in [7, 11) is 0. The molecule has 0 aliphatic heterocycles. The normalized spacial score (nSPS) is 20.3. The first-order valence-electron chi connectivity index (χ1n) is 18.1. The quantitative estimate of drug-likeness (QED) is 0.0672. The molecule has 2 rings (SSSR count). The summed E-state index contributed by atoms with van der Waals surface area (Å²) in [5, 5.41) is 14.0. The Morgan fingerprint density at radius 2 is 1.59 bits per heavy atom. The molecule has 1 aliphatic rings. The minimum absolute atomic E-state index is 0.0650. The number of carbonyl (C=O) groups excluding carboxylic acids is 3. The predicted molar refractivity (Wildman–Crippen MR) is 185 cm³/mol. The molecular formula is C39H61NO6. The van der Waals surface area contributed by atoms with Gasteiger partial charge in [-0.25, -0.2) is 0 Å². The van der Waals surface area contributed by atoms with Crippen molar-refractivity contribution >= 4 is 17.8 Å². The standard InChI is InChI=1S/C39H61NO6/c1-4-7-9-18-24-38(43)45-32(27-26-31-20-14-13-15-21-31)28-29-34-33(22-16-11-12-17-23-37(42)40-6-3)35(41)30-36(34)46-39(44)25-19-10-8-5-2/h11,13-16,20-21,28-29,32-36,41H,4-10,12,17-19,22-27,30H2,1-3H3,(H,40,42)/b16-11-,29-28+/t32-,33+,34+,35-,36+/m0/s1. The first-order valence-corrected chi connectivity index (χ1v) is 18.1. The van der Waals surface area contributed by atoms with Crippen molar-refractivity contribution in [3.05, 3.63) is 60.2 Å². The van der Waals surface area contributed by atoms with Gasteiger partial charge in [-0.15, -0.1) is 0 Å². The number of hydrogen-bond acceptors (Lipinski definition) is 6. The van der Waals surface area contributed by atoms with Gasteiger partial charge in [0.15, 0.2) is 0 Å². The van der Waals surface area contributed by atoms with Crippen LogP contribution in [-0.2, 0) is 30.3 Å². The van der Waals surface area contributed by atoms with E-state index in [4.69, 9.17) is 9.47 Å². The number of allylic oxidation sites excluding steroid dienone is 2. The first-order chi connectivity index (χ1) is 22.4. The van der Waals surface area contributed by atoms with Crippen LogP contribution in [0.3, 0.4) is 0 Å². The number of aliphatic hydroxyl groups is 1. The third-order valence-corrected chi connectivity index (χ3v) is 8.76. The van der Waals surface area contributed by atoms with Crippen molar-refractivity contribution in [2.24, 2.45) is 11.8 Å². The molecule has 1 aliphatic carbocycles. The van der Waals surface area contributed by atoms with Gasteiger partial charge in [-0.05, 0) is 69.4 Å². The number of benzene rings is 1. The lowest BCUT2D eigenvalue weighted by atomic mass is 9.89. The van der Waals surface area contributed by atoms with E-state index in [1.165, 1.54) is 5.56 Å². The maximum Gasteiger partial charge on any atom is 0.306 e. The van der Waals surface area contributed by atoms with Crippen LogP contribution in [0.2, 0.25) is 0 Å². The van der Waals surface area contributed by atoms with E-state index in [9.17, 15) is 19.5 Å². The number of hydrogen-bond donors (Lipinski definition) is 2. The lowest BCUT2D eigenvalue weighted by Crippen LogP contribution is -2.25. The average molecular weight is 640 g/mol. The molecule has 1 amide bonds. The molecule has 2 N–H and O–H groups in total. The fraction of sp³-hybridized carbons (Fsp3) is 0.667. The molecule has 7 nitrogen and oxygen atoms in total. The largest absolute Gasteiger partial charge is 0.462 e. The van der Waals surface area contributed by atoms with Crippen LogP contribution in [0.1, 0.15) is 129 Å². The highest BCUT2D eigenvalue weighted by Gasteiger charge is 2.42. The molecule has 0 aromatic heterocycles. The van der Waals surface area contributed by atoms with Crippen molar-refractivity contribution in [1.82, 2.24) is 5.32 Å². The van der Waals surface area contributed by atoms with Crippen molar-refractivity contribution in [3.63, 3.8) is 0 Å². The van der Waals surface area contributed by atoms with Crippen molar-refractivity contribution < 1.29 is 29.0 Å². The van der Waals surface area contributed by atoms with Gasteiger partial charge >= 0.3 is 11.9 Å². The van der Waals surface area contributed by atoms with Crippen LogP contribution in [0.15, 0.2) is 54.6 Å². The SMILES string of the molecule is CCCCCCC(=O)O[C@H](/C=C/[C@@H]1[C@@H](C/C=C\CCCC(=O)NCC)[C@@H](O)C[C@H]1OC(=O)CCCCCC)CCc1ccccc1. The van der Waals surface area contributed by atoms with Gasteiger partial charge in [-0.3, -0.25) is 14.4 Å². The Kier molecular flexibility index (Phi) is 20.7. The van der Waals surface area contributed by atoms with E-state index < -0.39 is 18.3 Å². The van der Waals surface area contributed by atoms with Crippen molar-refractivity contribution in [2.45, 2.75) is 148 Å². The van der Waals surface area contributed by atoms with Crippen LogP contribution in [0.4, 0.5) is 0 Å². The lowest BCUT2D eigenvalue weighted by Gasteiger charge is -2.23. The molecule has 258 valence electrons. The number of esters is 2. The molecule has 0 spiro atoms. The summed E-state index contributed by atoms with van der Waals surface area (Å²) < 4.78 is 12.0. The minimum atomic E-state index is -0.614. The molecule has 0 radical (unpaired) electrons. The number of carbonyl (C=O) groups is 3. The molecule has 0 unspecified atom stereocenters. The summed E-state index contributed by atoms with van der Waals surface area (Å²) in [6.45, 7) is 6.84. The Labute approximate surface area is 278 Å². The highest BCUT2D eigenvalue weighted by molar-refractivity contribution is 5.75. The Balaban J connectivity index is 2.15. The Morgan fingerprint density at radius 3 is 2.26 bits per heavy atom. The zero-order chi connectivity index (χ0) is 33.4. The lowest BCUT2D eigenvalue weighted by molar-refractivity contribution is -0.150. The topological polar surface area (TPSA) is 102 Å². The Bertz CT molecular complexity index is 1040. The van der Waals surface area contributed by atoms with Crippen molar-refractivity contribution in [1.29, 1.82) is 0 Å². The molecule has 0 heterocycles. The van der Waals surface area contributed by atoms with E-state index in [-0.39, 0.29) is 29.7 Å². The third kappa shape index (κ3) is 16.6. The van der Waals surface area contributed by atoms with Gasteiger partial charge in [0, 0.05) is 38.1 Å². The summed E-state index contributed by atoms with van der Waals surface area (Å²) in [6.07, 6.45) is 20.0. The highest BCUT2D eigenvalue weighted by atomic mass is 16.5. The van der Waals surface area contributed by atoms with E-state index >= 15 is 0 Å². The average Bonchev–Trinajstić information content (AvgIpc) is 3.33. The number of ether oxygens (including phenoxy) is 2. The van der Waals surface area contributed by atoms with Gasteiger partial charge in [0.1, 0.15) is 12.2 Å². The van der Waals surface area contributed by atoms with E-state index in [0.29, 0.717) is 45.1 Å². The maximum atomic E-state index is 12.8. The number of rotatable bonds is 24. The Morgan fingerprint density at radius 1 is 0.891 bits per heavy atom. The molecule has 5 atom stereocenters. The summed E-state index contributed by atoms with van der Waals surface area (Å²) in [5.74, 6) is -0.666. The molecule has 46 heavy (non-hydrogen) atoms. The number of aliphatic hydroxyl groups excluding tert-OH is 1. The Hall–Kier alpha value is -2.93. The molecule has 1 fully saturated rings. The number of unbranched alkanes of at least 4 members (excludes halogenated alkanes) is 7. The van der Waals surface area contributed by atoms with Crippen LogP contribution < -0.4 is 5.32 Å². The maximum absolute atomic E-state index is 12.8. The van der Waals surface area contributed by atoms with Crippen LogP contribution in [0, 0.1) is 11.8 Å². The van der Waals surface area contributed by atoms with Gasteiger partial charge in [0.2, 0.25) is 5.91 Å². The molecule has 1 aromatic carbocycles. The van der Waals surface area contributed by atoms with Crippen LogP contribution in [-0.4, -0.2) is 47.8 Å². The monoisotopic (exact) mass is 639 g/mol. The van der Waals surface area contributed by atoms with Crippen molar-refractivity contribution in [3.8, 4) is 0 Å². The molecule has 0 bridgehead atoms. The van der Waals surface area contributed by atoms with Crippen LogP contribution >= 0.6 is 0 Å². The zero-order valence-electron chi connectivity index (χ0n) is 28.8. The van der Waals surface area contributed by atoms with Gasteiger partial charge in [0.05, 0.1) is 6.10 Å². The zero-order valence-corrected chi connectivity index (χ0v) is 28.8. The van der Waals surface area contributed by atoms with Gasteiger partial charge in [-0.2, -0.15) is 0 Å². The number of aryl methyl sites for hydroxylation is 1. The van der Waals surface area contributed by atoms with E-state index in [1.54, 1.807) is 0 Å². The van der Waals surface area contributed by atoms with Gasteiger partial charge in [-0.1, -0.05) is 101 Å². The molecule has 0 saturated heterocycles. The molecule has 7 heteroatoms. The summed E-state index contributed by atoms with van der Waals surface area (Å²) in [4.78, 5) is 37.3.